The molecule has 24 heavy (non-hydrogen) atoms. The molecular formula is C19H26N2O3. The highest BCUT2D eigenvalue weighted by atomic mass is 16.5. The van der Waals surface area contributed by atoms with Crippen molar-refractivity contribution in [2.24, 2.45) is 0 Å². The lowest BCUT2D eigenvalue weighted by molar-refractivity contribution is -0.128. The molecule has 0 spiro atoms. The van der Waals surface area contributed by atoms with Crippen LogP contribution >= 0.6 is 0 Å². The van der Waals surface area contributed by atoms with Crippen molar-refractivity contribution >= 4 is 11.8 Å². The van der Waals surface area contributed by atoms with Crippen LogP contribution in [0.25, 0.3) is 0 Å². The fourth-order valence-corrected chi connectivity index (χ4v) is 2.98. The monoisotopic (exact) mass is 330 g/mol. The lowest BCUT2D eigenvalue weighted by Crippen LogP contribution is -2.41. The van der Waals surface area contributed by atoms with Gasteiger partial charge in [0, 0.05) is 31.6 Å². The first-order valence-electron chi connectivity index (χ1n) is 8.37. The summed E-state index contributed by atoms with van der Waals surface area (Å²) in [5.74, 6) is 0.882. The van der Waals surface area contributed by atoms with Crippen molar-refractivity contribution < 1.29 is 14.3 Å². The Hall–Kier alpha value is -2.30. The molecule has 1 saturated heterocycles. The number of carbonyl (C=O) groups excluding carboxylic acids is 2. The van der Waals surface area contributed by atoms with Gasteiger partial charge >= 0.3 is 0 Å². The Balaban J connectivity index is 1.87. The average molecular weight is 330 g/mol. The summed E-state index contributed by atoms with van der Waals surface area (Å²) in [7, 11) is 1.64. The summed E-state index contributed by atoms with van der Waals surface area (Å²) < 4.78 is 5.33. The van der Waals surface area contributed by atoms with E-state index in [1.165, 1.54) is 0 Å². The number of hydrogen-bond acceptors (Lipinski definition) is 3. The predicted molar refractivity (Wildman–Crippen MR) is 93.9 cm³/mol. The van der Waals surface area contributed by atoms with Gasteiger partial charge in [-0.2, -0.15) is 0 Å². The van der Waals surface area contributed by atoms with Crippen molar-refractivity contribution in [1.29, 1.82) is 0 Å². The first-order valence-corrected chi connectivity index (χ1v) is 8.37. The lowest BCUT2D eigenvalue weighted by atomic mass is 10.0. The molecule has 1 N–H and O–H groups in total. The molecule has 0 aliphatic carbocycles. The van der Waals surface area contributed by atoms with Crippen molar-refractivity contribution in [3.8, 4) is 5.75 Å². The van der Waals surface area contributed by atoms with Crippen molar-refractivity contribution in [3.63, 3.8) is 0 Å². The molecule has 1 unspecified atom stereocenters. The Morgan fingerprint density at radius 1 is 1.42 bits per heavy atom. The summed E-state index contributed by atoms with van der Waals surface area (Å²) >= 11 is 0. The maximum absolute atomic E-state index is 12.1. The number of nitrogens with zero attached hydrogens (tertiary/aromatic N) is 1. The van der Waals surface area contributed by atoms with E-state index in [0.29, 0.717) is 19.4 Å². The van der Waals surface area contributed by atoms with Crippen LogP contribution in [-0.2, 0) is 16.0 Å². The molecule has 1 fully saturated rings. The first-order chi connectivity index (χ1) is 11.5. The van der Waals surface area contributed by atoms with Crippen molar-refractivity contribution in [2.45, 2.75) is 39.2 Å². The van der Waals surface area contributed by atoms with E-state index in [2.05, 4.69) is 5.32 Å². The maximum atomic E-state index is 12.1. The van der Waals surface area contributed by atoms with Crippen LogP contribution in [0.1, 0.15) is 32.3 Å². The Morgan fingerprint density at radius 3 is 2.83 bits per heavy atom. The second-order valence-electron chi connectivity index (χ2n) is 6.33. The molecule has 1 aliphatic rings. The third-order valence-corrected chi connectivity index (χ3v) is 4.09. The second kappa shape index (κ2) is 8.52. The molecule has 1 atom stereocenters. The predicted octanol–water partition coefficient (Wildman–Crippen LogP) is 2.31. The number of amides is 2. The van der Waals surface area contributed by atoms with Gasteiger partial charge in [0.1, 0.15) is 5.75 Å². The highest BCUT2D eigenvalue weighted by molar-refractivity contribution is 5.88. The molecule has 1 heterocycles. The fraction of sp³-hybridized carbons (Fsp3) is 0.474. The van der Waals surface area contributed by atoms with E-state index in [1.807, 2.05) is 43.0 Å². The Bertz CT molecular complexity index is 625. The summed E-state index contributed by atoms with van der Waals surface area (Å²) in [6.07, 6.45) is 3.82. The van der Waals surface area contributed by atoms with E-state index in [0.717, 1.165) is 29.9 Å². The molecule has 1 aromatic rings. The summed E-state index contributed by atoms with van der Waals surface area (Å²) in [6.45, 7) is 5.22. The third-order valence-electron chi connectivity index (χ3n) is 4.09. The van der Waals surface area contributed by atoms with Crippen LogP contribution in [0.15, 0.2) is 35.9 Å². The minimum absolute atomic E-state index is 0.0603. The van der Waals surface area contributed by atoms with E-state index in [9.17, 15) is 9.59 Å². The van der Waals surface area contributed by atoms with Gasteiger partial charge in [-0.1, -0.05) is 23.8 Å². The van der Waals surface area contributed by atoms with Gasteiger partial charge in [0.05, 0.1) is 7.11 Å². The summed E-state index contributed by atoms with van der Waals surface area (Å²) in [6, 6.07) is 7.73. The minimum Gasteiger partial charge on any atom is -0.496 e. The number of methoxy groups -OCH3 is 1. The number of allylic oxidation sites excluding steroid dienone is 1. The standard InChI is InChI=1S/C19H26N2O3/c1-14(11-16-7-4-5-8-17(16)24-3)12-18(22)20-15(2)13-21-10-6-9-19(21)23/h4-5,7-8,12,15H,6,9-11,13H2,1-3H3,(H,20,22)/b14-12-. The van der Waals surface area contributed by atoms with E-state index >= 15 is 0 Å². The average Bonchev–Trinajstić information content (AvgIpc) is 2.92. The van der Waals surface area contributed by atoms with Crippen LogP contribution in [-0.4, -0.2) is 43.0 Å². The summed E-state index contributed by atoms with van der Waals surface area (Å²) in [5.41, 5.74) is 2.01. The molecule has 0 radical (unpaired) electrons. The molecule has 5 nitrogen and oxygen atoms in total. The van der Waals surface area contributed by atoms with Gasteiger partial charge < -0.3 is 15.0 Å². The molecule has 1 aromatic carbocycles. The van der Waals surface area contributed by atoms with Gasteiger partial charge in [-0.05, 0) is 38.3 Å². The fourth-order valence-electron chi connectivity index (χ4n) is 2.98. The number of ether oxygens (including phenoxy) is 1. The Labute approximate surface area is 143 Å². The largest absolute Gasteiger partial charge is 0.496 e. The quantitative estimate of drug-likeness (QED) is 0.781. The van der Waals surface area contributed by atoms with Crippen LogP contribution in [0.5, 0.6) is 5.75 Å². The number of likely N-dealkylation sites (tertiary alicyclic amines) is 1. The molecule has 2 rings (SSSR count). The van der Waals surface area contributed by atoms with E-state index in [4.69, 9.17) is 4.74 Å². The number of benzene rings is 1. The van der Waals surface area contributed by atoms with E-state index < -0.39 is 0 Å². The topological polar surface area (TPSA) is 58.6 Å². The van der Waals surface area contributed by atoms with E-state index in [1.54, 1.807) is 13.2 Å². The van der Waals surface area contributed by atoms with Crippen LogP contribution < -0.4 is 10.1 Å². The number of carbonyl (C=O) groups is 2. The third kappa shape index (κ3) is 5.11. The molecule has 0 bridgehead atoms. The van der Waals surface area contributed by atoms with Crippen molar-refractivity contribution in [3.05, 3.63) is 41.5 Å². The summed E-state index contributed by atoms with van der Waals surface area (Å²) in [5, 5.41) is 2.93. The highest BCUT2D eigenvalue weighted by Crippen LogP contribution is 2.20. The van der Waals surface area contributed by atoms with Crippen molar-refractivity contribution in [1.82, 2.24) is 10.2 Å². The maximum Gasteiger partial charge on any atom is 0.244 e. The van der Waals surface area contributed by atoms with Gasteiger partial charge in [-0.15, -0.1) is 0 Å². The number of para-hydroxylation sites is 1. The van der Waals surface area contributed by atoms with Crippen LogP contribution in [0.3, 0.4) is 0 Å². The molecular weight excluding hydrogens is 304 g/mol. The molecule has 130 valence electrons. The summed E-state index contributed by atoms with van der Waals surface area (Å²) in [4.78, 5) is 25.6. The van der Waals surface area contributed by atoms with Crippen molar-refractivity contribution in [2.75, 3.05) is 20.2 Å². The molecule has 0 aromatic heterocycles. The lowest BCUT2D eigenvalue weighted by Gasteiger charge is -2.21. The van der Waals surface area contributed by atoms with Crippen LogP contribution in [0.2, 0.25) is 0 Å². The molecule has 2 amide bonds. The zero-order valence-corrected chi connectivity index (χ0v) is 14.7. The Kier molecular flexibility index (Phi) is 6.41. The van der Waals surface area contributed by atoms with Gasteiger partial charge in [0.25, 0.3) is 0 Å². The van der Waals surface area contributed by atoms with Crippen LogP contribution in [0, 0.1) is 0 Å². The number of rotatable bonds is 7. The zero-order chi connectivity index (χ0) is 17.5. The molecule has 0 saturated carbocycles. The molecule has 1 aliphatic heterocycles. The zero-order valence-electron chi connectivity index (χ0n) is 14.7. The van der Waals surface area contributed by atoms with Gasteiger partial charge in [0.2, 0.25) is 11.8 Å². The normalized spacial score (nSPS) is 16.2. The SMILES string of the molecule is COc1ccccc1C/C(C)=C\C(=O)NC(C)CN1CCCC1=O. The van der Waals surface area contributed by atoms with Gasteiger partial charge in [0.15, 0.2) is 0 Å². The van der Waals surface area contributed by atoms with E-state index in [-0.39, 0.29) is 17.9 Å². The number of nitrogens with one attached hydrogen (secondary N) is 1. The van der Waals surface area contributed by atoms with Gasteiger partial charge in [-0.3, -0.25) is 9.59 Å². The minimum atomic E-state index is -0.124. The number of hydrogen-bond donors (Lipinski definition) is 1. The smallest absolute Gasteiger partial charge is 0.244 e. The van der Waals surface area contributed by atoms with Gasteiger partial charge in [-0.25, -0.2) is 0 Å². The highest BCUT2D eigenvalue weighted by Gasteiger charge is 2.22. The first kappa shape index (κ1) is 18.0. The Morgan fingerprint density at radius 2 is 2.17 bits per heavy atom. The van der Waals surface area contributed by atoms with Crippen LogP contribution in [0.4, 0.5) is 0 Å². The second-order valence-corrected chi connectivity index (χ2v) is 6.33. The molecule has 5 heteroatoms.